The van der Waals surface area contributed by atoms with Crippen LogP contribution in [0.4, 0.5) is 0 Å². The molecule has 1 atom stereocenters. The van der Waals surface area contributed by atoms with Crippen LogP contribution in [0.1, 0.15) is 43.6 Å². The van der Waals surface area contributed by atoms with Gasteiger partial charge in [-0.25, -0.2) is 5.43 Å². The van der Waals surface area contributed by atoms with E-state index in [-0.39, 0.29) is 12.0 Å². The largest absolute Gasteiger partial charge is 0.490 e. The second kappa shape index (κ2) is 11.1. The van der Waals surface area contributed by atoms with Gasteiger partial charge in [-0.2, -0.15) is 5.10 Å². The number of hydrogen-bond donors (Lipinski definition) is 2. The highest BCUT2D eigenvalue weighted by Crippen LogP contribution is 2.23. The molecule has 0 heterocycles. The second-order valence-electron chi connectivity index (χ2n) is 7.26. The summed E-state index contributed by atoms with van der Waals surface area (Å²) < 4.78 is 6.62. The molecule has 0 fully saturated rings. The molecule has 0 aliphatic heterocycles. The van der Waals surface area contributed by atoms with Crippen molar-refractivity contribution in [2.45, 2.75) is 39.8 Å². The van der Waals surface area contributed by atoms with Crippen molar-refractivity contribution in [3.05, 3.63) is 63.1 Å². The van der Waals surface area contributed by atoms with E-state index in [1.165, 1.54) is 6.21 Å². The van der Waals surface area contributed by atoms with Gasteiger partial charge >= 0.3 is 0 Å². The van der Waals surface area contributed by atoms with Gasteiger partial charge in [-0.1, -0.05) is 53.5 Å². The van der Waals surface area contributed by atoms with Crippen molar-refractivity contribution in [1.82, 2.24) is 10.7 Å². The van der Waals surface area contributed by atoms with E-state index < -0.39 is 17.9 Å². The summed E-state index contributed by atoms with van der Waals surface area (Å²) in [6.45, 7) is 7.53. The Morgan fingerprint density at radius 2 is 1.83 bits per heavy atom. The van der Waals surface area contributed by atoms with Crippen LogP contribution in [0.15, 0.2) is 52.0 Å². The first-order valence-corrected chi connectivity index (χ1v) is 10.7. The van der Waals surface area contributed by atoms with Crippen molar-refractivity contribution in [3.63, 3.8) is 0 Å². The first-order chi connectivity index (χ1) is 14.2. The Kier molecular flexibility index (Phi) is 8.87. The molecule has 8 heteroatoms. The summed E-state index contributed by atoms with van der Waals surface area (Å²) in [5.41, 5.74) is 3.51. The fourth-order valence-corrected chi connectivity index (χ4v) is 3.22. The van der Waals surface area contributed by atoms with E-state index in [9.17, 15) is 9.59 Å². The number of benzene rings is 2. The number of hydrazone groups is 1. The number of ether oxygens (including phenoxy) is 1. The highest BCUT2D eigenvalue weighted by Gasteiger charge is 2.25. The van der Waals surface area contributed by atoms with Gasteiger partial charge < -0.3 is 10.1 Å². The standard InChI is InChI=1S/C22H25BrClN3O3/c1-13(2)20(26-21(28)17-7-5-6-8-18(17)24)22(29)27-25-12-15-11-16(23)9-10-19(15)30-14(3)4/h5-14,20H,1-4H3,(H,26,28)(H,27,29). The Balaban J connectivity index is 2.10. The SMILES string of the molecule is CC(C)Oc1ccc(Br)cc1C=NNC(=O)C(NC(=O)c1ccccc1Cl)C(C)C. The summed E-state index contributed by atoms with van der Waals surface area (Å²) in [6.07, 6.45) is 1.51. The van der Waals surface area contributed by atoms with Crippen LogP contribution in [0.25, 0.3) is 0 Å². The molecule has 0 saturated carbocycles. The fraction of sp³-hybridized carbons (Fsp3) is 0.318. The van der Waals surface area contributed by atoms with E-state index >= 15 is 0 Å². The zero-order chi connectivity index (χ0) is 22.3. The summed E-state index contributed by atoms with van der Waals surface area (Å²) in [5, 5.41) is 7.10. The van der Waals surface area contributed by atoms with Crippen molar-refractivity contribution < 1.29 is 14.3 Å². The smallest absolute Gasteiger partial charge is 0.262 e. The number of amides is 2. The fourth-order valence-electron chi connectivity index (χ4n) is 2.62. The lowest BCUT2D eigenvalue weighted by atomic mass is 10.0. The van der Waals surface area contributed by atoms with Gasteiger partial charge in [0.25, 0.3) is 11.8 Å². The Bertz CT molecular complexity index is 932. The number of nitrogens with one attached hydrogen (secondary N) is 2. The average Bonchev–Trinajstić information content (AvgIpc) is 2.67. The van der Waals surface area contributed by atoms with Crippen LogP contribution in [-0.4, -0.2) is 30.2 Å². The Labute approximate surface area is 190 Å². The Hall–Kier alpha value is -2.38. The van der Waals surface area contributed by atoms with Gasteiger partial charge in [0.15, 0.2) is 0 Å². The lowest BCUT2D eigenvalue weighted by molar-refractivity contribution is -0.123. The molecule has 0 aliphatic carbocycles. The van der Waals surface area contributed by atoms with Crippen LogP contribution in [0.3, 0.4) is 0 Å². The van der Waals surface area contributed by atoms with Gasteiger partial charge in [0, 0.05) is 10.0 Å². The van der Waals surface area contributed by atoms with Crippen LogP contribution in [0.2, 0.25) is 5.02 Å². The predicted molar refractivity (Wildman–Crippen MR) is 123 cm³/mol. The number of nitrogens with zero attached hydrogens (tertiary/aromatic N) is 1. The molecule has 0 bridgehead atoms. The van der Waals surface area contributed by atoms with Gasteiger partial charge in [-0.05, 0) is 50.1 Å². The minimum atomic E-state index is -0.778. The maximum atomic E-state index is 12.6. The van der Waals surface area contributed by atoms with E-state index in [1.54, 1.807) is 24.3 Å². The lowest BCUT2D eigenvalue weighted by Crippen LogP contribution is -2.48. The molecule has 2 aromatic rings. The summed E-state index contributed by atoms with van der Waals surface area (Å²) >= 11 is 9.49. The van der Waals surface area contributed by atoms with Crippen molar-refractivity contribution in [3.8, 4) is 5.75 Å². The monoisotopic (exact) mass is 493 g/mol. The molecule has 1 unspecified atom stereocenters. The summed E-state index contributed by atoms with van der Waals surface area (Å²) in [4.78, 5) is 25.2. The van der Waals surface area contributed by atoms with E-state index in [2.05, 4.69) is 31.8 Å². The van der Waals surface area contributed by atoms with E-state index in [1.807, 2.05) is 45.9 Å². The quantitative estimate of drug-likeness (QED) is 0.409. The van der Waals surface area contributed by atoms with E-state index in [0.29, 0.717) is 21.9 Å². The topological polar surface area (TPSA) is 79.8 Å². The molecule has 2 N–H and O–H groups in total. The molecular formula is C22H25BrClN3O3. The van der Waals surface area contributed by atoms with Gasteiger partial charge in [-0.15, -0.1) is 0 Å². The number of rotatable bonds is 8. The van der Waals surface area contributed by atoms with Crippen LogP contribution in [-0.2, 0) is 4.79 Å². The minimum absolute atomic E-state index is 0.00161. The lowest BCUT2D eigenvalue weighted by Gasteiger charge is -2.20. The molecule has 2 amide bonds. The zero-order valence-electron chi connectivity index (χ0n) is 17.3. The van der Waals surface area contributed by atoms with Crippen molar-refractivity contribution in [2.75, 3.05) is 0 Å². The molecule has 0 spiro atoms. The second-order valence-corrected chi connectivity index (χ2v) is 8.58. The molecule has 0 aliphatic rings. The zero-order valence-corrected chi connectivity index (χ0v) is 19.6. The molecule has 0 aromatic heterocycles. The first-order valence-electron chi connectivity index (χ1n) is 9.53. The molecule has 2 rings (SSSR count). The number of halogens is 2. The van der Waals surface area contributed by atoms with Crippen LogP contribution in [0, 0.1) is 5.92 Å². The van der Waals surface area contributed by atoms with E-state index in [0.717, 1.165) is 4.47 Å². The molecule has 30 heavy (non-hydrogen) atoms. The van der Waals surface area contributed by atoms with Crippen molar-refractivity contribution in [1.29, 1.82) is 0 Å². The highest BCUT2D eigenvalue weighted by molar-refractivity contribution is 9.10. The predicted octanol–water partition coefficient (Wildman–Crippen LogP) is 4.79. The highest BCUT2D eigenvalue weighted by atomic mass is 79.9. The van der Waals surface area contributed by atoms with Gasteiger partial charge in [0.05, 0.1) is 22.9 Å². The third-order valence-electron chi connectivity index (χ3n) is 4.07. The molecular weight excluding hydrogens is 470 g/mol. The van der Waals surface area contributed by atoms with Crippen LogP contribution < -0.4 is 15.5 Å². The third-order valence-corrected chi connectivity index (χ3v) is 4.89. The van der Waals surface area contributed by atoms with E-state index in [4.69, 9.17) is 16.3 Å². The van der Waals surface area contributed by atoms with Crippen LogP contribution in [0.5, 0.6) is 5.75 Å². The Morgan fingerprint density at radius 3 is 2.47 bits per heavy atom. The number of carbonyl (C=O) groups excluding carboxylic acids is 2. The normalized spacial score (nSPS) is 12.3. The molecule has 2 aromatic carbocycles. The van der Waals surface area contributed by atoms with Crippen molar-refractivity contribution >= 4 is 45.6 Å². The maximum Gasteiger partial charge on any atom is 0.262 e. The molecule has 0 saturated heterocycles. The average molecular weight is 495 g/mol. The van der Waals surface area contributed by atoms with Crippen molar-refractivity contribution in [2.24, 2.45) is 11.0 Å². The summed E-state index contributed by atoms with van der Waals surface area (Å²) in [5.74, 6) is -0.350. The third kappa shape index (κ3) is 6.85. The van der Waals surface area contributed by atoms with Gasteiger partial charge in [0.2, 0.25) is 0 Å². The molecule has 160 valence electrons. The van der Waals surface area contributed by atoms with Gasteiger partial charge in [-0.3, -0.25) is 9.59 Å². The Morgan fingerprint density at radius 1 is 1.13 bits per heavy atom. The number of hydrogen-bond acceptors (Lipinski definition) is 4. The van der Waals surface area contributed by atoms with Gasteiger partial charge in [0.1, 0.15) is 11.8 Å². The summed E-state index contributed by atoms with van der Waals surface area (Å²) in [7, 11) is 0. The maximum absolute atomic E-state index is 12.6. The summed E-state index contributed by atoms with van der Waals surface area (Å²) in [6, 6.07) is 11.4. The van der Waals surface area contributed by atoms with Crippen LogP contribution >= 0.6 is 27.5 Å². The first kappa shape index (κ1) is 23.9. The molecule has 0 radical (unpaired) electrons. The minimum Gasteiger partial charge on any atom is -0.490 e. The number of carbonyl (C=O) groups is 2. The molecule has 6 nitrogen and oxygen atoms in total.